The van der Waals surface area contributed by atoms with Crippen LogP contribution < -0.4 is 14.5 Å². The number of carbonyl (C=O) groups excluding carboxylic acids is 1. The van der Waals surface area contributed by atoms with Crippen LogP contribution in [0.2, 0.25) is 0 Å². The summed E-state index contributed by atoms with van der Waals surface area (Å²) in [4.78, 5) is 20.6. The summed E-state index contributed by atoms with van der Waals surface area (Å²) in [5.41, 5.74) is 2.79. The lowest BCUT2D eigenvalue weighted by Crippen LogP contribution is -2.49. The van der Waals surface area contributed by atoms with Gasteiger partial charge < -0.3 is 14.5 Å². The Labute approximate surface area is 237 Å². The summed E-state index contributed by atoms with van der Waals surface area (Å²) < 4.78 is 20.4. The van der Waals surface area contributed by atoms with Crippen LogP contribution in [-0.2, 0) is 10.2 Å². The second-order valence-corrected chi connectivity index (χ2v) is 9.46. The number of para-hydroxylation sites is 2. The van der Waals surface area contributed by atoms with Crippen molar-refractivity contribution in [3.63, 3.8) is 0 Å². The Kier molecular flexibility index (Phi) is 10.0. The molecule has 1 fully saturated rings. The summed E-state index contributed by atoms with van der Waals surface area (Å²) in [5.74, 6) is 0.661. The number of piperazine rings is 1. The molecular weight excluding hydrogens is 524 g/mol. The fourth-order valence-corrected chi connectivity index (χ4v) is 5.78. The third kappa shape index (κ3) is 5.35. The van der Waals surface area contributed by atoms with Gasteiger partial charge in [0.2, 0.25) is 5.91 Å². The highest BCUT2D eigenvalue weighted by molar-refractivity contribution is 6.10. The number of hydrogen-bond donors (Lipinski definition) is 0. The number of halogens is 3. The van der Waals surface area contributed by atoms with Crippen molar-refractivity contribution in [2.24, 2.45) is 0 Å². The van der Waals surface area contributed by atoms with Crippen molar-refractivity contribution in [3.05, 3.63) is 89.7 Å². The van der Waals surface area contributed by atoms with Gasteiger partial charge in [0, 0.05) is 38.4 Å². The highest BCUT2D eigenvalue weighted by Gasteiger charge is 2.51. The Morgan fingerprint density at radius 1 is 0.868 bits per heavy atom. The van der Waals surface area contributed by atoms with Crippen molar-refractivity contribution in [3.8, 4) is 5.75 Å². The molecule has 2 aliphatic rings. The van der Waals surface area contributed by atoms with Gasteiger partial charge >= 0.3 is 0 Å². The number of ether oxygens (including phenoxy) is 1. The van der Waals surface area contributed by atoms with E-state index in [1.54, 1.807) is 12.1 Å². The van der Waals surface area contributed by atoms with E-state index in [1.165, 1.54) is 6.07 Å². The second kappa shape index (κ2) is 12.8. The SMILES string of the molecule is CCOc1ccccc1N1CCN(CCC2(c3ccccc3)C(=O)N(CC)c3ccc(F)cc32)CC1.Cl.Cl. The molecule has 5 nitrogen and oxygen atoms in total. The molecule has 0 saturated carbocycles. The largest absolute Gasteiger partial charge is 0.492 e. The van der Waals surface area contributed by atoms with E-state index >= 15 is 0 Å². The van der Waals surface area contributed by atoms with Gasteiger partial charge in [0.25, 0.3) is 0 Å². The summed E-state index contributed by atoms with van der Waals surface area (Å²) in [5, 5.41) is 0. The molecule has 0 bridgehead atoms. The molecule has 1 unspecified atom stereocenters. The van der Waals surface area contributed by atoms with E-state index in [-0.39, 0.29) is 36.5 Å². The number of anilines is 2. The van der Waals surface area contributed by atoms with Gasteiger partial charge in [0.05, 0.1) is 12.3 Å². The van der Waals surface area contributed by atoms with E-state index in [1.807, 2.05) is 61.2 Å². The van der Waals surface area contributed by atoms with Gasteiger partial charge in [0.15, 0.2) is 0 Å². The van der Waals surface area contributed by atoms with E-state index in [9.17, 15) is 9.18 Å². The van der Waals surface area contributed by atoms with Crippen molar-refractivity contribution in [2.75, 3.05) is 55.7 Å². The Morgan fingerprint density at radius 2 is 1.55 bits per heavy atom. The first-order valence-electron chi connectivity index (χ1n) is 12.9. The summed E-state index contributed by atoms with van der Waals surface area (Å²) in [6.07, 6.45) is 0.609. The molecule has 204 valence electrons. The number of hydrogen-bond acceptors (Lipinski definition) is 4. The number of nitrogens with zero attached hydrogens (tertiary/aromatic N) is 3. The van der Waals surface area contributed by atoms with Gasteiger partial charge in [0.1, 0.15) is 17.0 Å². The number of fused-ring (bicyclic) bond motifs is 1. The van der Waals surface area contributed by atoms with Gasteiger partial charge in [-0.25, -0.2) is 4.39 Å². The number of amides is 1. The molecular formula is C30H36Cl2FN3O2. The van der Waals surface area contributed by atoms with Crippen LogP contribution in [0.5, 0.6) is 5.75 Å². The Hall–Kier alpha value is -2.80. The highest BCUT2D eigenvalue weighted by atomic mass is 35.5. The van der Waals surface area contributed by atoms with E-state index in [4.69, 9.17) is 4.74 Å². The third-order valence-electron chi connectivity index (χ3n) is 7.58. The monoisotopic (exact) mass is 559 g/mol. The summed E-state index contributed by atoms with van der Waals surface area (Å²) in [6.45, 7) is 9.52. The first kappa shape index (κ1) is 29.8. The van der Waals surface area contributed by atoms with Crippen LogP contribution in [0, 0.1) is 5.82 Å². The topological polar surface area (TPSA) is 36.0 Å². The minimum absolute atomic E-state index is 0. The van der Waals surface area contributed by atoms with E-state index in [0.717, 1.165) is 61.0 Å². The van der Waals surface area contributed by atoms with Crippen LogP contribution in [-0.4, -0.2) is 56.7 Å². The van der Waals surface area contributed by atoms with E-state index in [2.05, 4.69) is 21.9 Å². The van der Waals surface area contributed by atoms with Crippen molar-refractivity contribution in [2.45, 2.75) is 25.7 Å². The van der Waals surface area contributed by atoms with Gasteiger partial charge in [-0.1, -0.05) is 42.5 Å². The average molecular weight is 561 g/mol. The number of benzene rings is 3. The molecule has 1 saturated heterocycles. The molecule has 2 aliphatic heterocycles. The molecule has 3 aromatic rings. The van der Waals surface area contributed by atoms with Gasteiger partial charge in [-0.3, -0.25) is 9.69 Å². The van der Waals surface area contributed by atoms with E-state index < -0.39 is 5.41 Å². The minimum atomic E-state index is -0.882. The second-order valence-electron chi connectivity index (χ2n) is 9.46. The molecule has 5 rings (SSSR count). The van der Waals surface area contributed by atoms with Crippen LogP contribution in [0.1, 0.15) is 31.4 Å². The predicted octanol–water partition coefficient (Wildman–Crippen LogP) is 5.93. The maximum Gasteiger partial charge on any atom is 0.242 e. The first-order valence-corrected chi connectivity index (χ1v) is 12.9. The lowest BCUT2D eigenvalue weighted by atomic mass is 9.72. The van der Waals surface area contributed by atoms with Gasteiger partial charge in [-0.15, -0.1) is 24.8 Å². The molecule has 8 heteroatoms. The highest BCUT2D eigenvalue weighted by Crippen LogP contribution is 2.48. The number of carbonyl (C=O) groups is 1. The molecule has 1 atom stereocenters. The molecule has 38 heavy (non-hydrogen) atoms. The predicted molar refractivity (Wildman–Crippen MR) is 157 cm³/mol. The van der Waals surface area contributed by atoms with Crippen molar-refractivity contribution in [1.29, 1.82) is 0 Å². The molecule has 0 N–H and O–H groups in total. The summed E-state index contributed by atoms with van der Waals surface area (Å²) >= 11 is 0. The van der Waals surface area contributed by atoms with Gasteiger partial charge in [-0.05, 0) is 68.3 Å². The zero-order chi connectivity index (χ0) is 25.1. The van der Waals surface area contributed by atoms with Crippen molar-refractivity contribution in [1.82, 2.24) is 4.90 Å². The molecule has 0 aliphatic carbocycles. The van der Waals surface area contributed by atoms with Crippen LogP contribution >= 0.6 is 24.8 Å². The van der Waals surface area contributed by atoms with E-state index in [0.29, 0.717) is 19.6 Å². The Bertz CT molecular complexity index is 1220. The Balaban J connectivity index is 0.00000200. The van der Waals surface area contributed by atoms with Crippen LogP contribution in [0.25, 0.3) is 0 Å². The normalized spacial score (nSPS) is 19.0. The van der Waals surface area contributed by atoms with Crippen LogP contribution in [0.3, 0.4) is 0 Å². The maximum absolute atomic E-state index is 14.5. The number of rotatable bonds is 8. The zero-order valence-corrected chi connectivity index (χ0v) is 23.6. The fraction of sp³-hybridized carbons (Fsp3) is 0.367. The zero-order valence-electron chi connectivity index (χ0n) is 21.9. The first-order chi connectivity index (χ1) is 17.6. The maximum atomic E-state index is 14.5. The smallest absolute Gasteiger partial charge is 0.242 e. The lowest BCUT2D eigenvalue weighted by molar-refractivity contribution is -0.122. The summed E-state index contributed by atoms with van der Waals surface area (Å²) in [6, 6.07) is 22.9. The van der Waals surface area contributed by atoms with Crippen molar-refractivity contribution >= 4 is 42.1 Å². The lowest BCUT2D eigenvalue weighted by Gasteiger charge is -2.38. The molecule has 0 spiro atoms. The quantitative estimate of drug-likeness (QED) is 0.342. The van der Waals surface area contributed by atoms with Crippen LogP contribution in [0.4, 0.5) is 15.8 Å². The standard InChI is InChI=1S/C30H34FN3O2.2ClH/c1-3-34-26-15-14-24(31)22-25(26)30(29(34)35,23-10-6-5-7-11-23)16-17-32-18-20-33(21-19-32)27-12-8-9-13-28(27)36-4-2;;/h5-15,22H,3-4,16-21H2,1-2H3;2*1H. The minimum Gasteiger partial charge on any atom is -0.492 e. The molecule has 0 aromatic heterocycles. The molecule has 3 aromatic carbocycles. The third-order valence-corrected chi connectivity index (χ3v) is 7.58. The molecule has 0 radical (unpaired) electrons. The molecule has 2 heterocycles. The van der Waals surface area contributed by atoms with Gasteiger partial charge in [-0.2, -0.15) is 0 Å². The molecule has 1 amide bonds. The average Bonchev–Trinajstić information content (AvgIpc) is 3.15. The van der Waals surface area contributed by atoms with Crippen LogP contribution in [0.15, 0.2) is 72.8 Å². The Morgan fingerprint density at radius 3 is 2.24 bits per heavy atom. The number of likely N-dealkylation sites (N-methyl/N-ethyl adjacent to an activating group) is 1. The summed E-state index contributed by atoms with van der Waals surface area (Å²) in [7, 11) is 0. The van der Waals surface area contributed by atoms with Crippen molar-refractivity contribution < 1.29 is 13.9 Å². The fourth-order valence-electron chi connectivity index (χ4n) is 5.78.